The van der Waals surface area contributed by atoms with Crippen molar-refractivity contribution in [3.05, 3.63) is 64.2 Å². The van der Waals surface area contributed by atoms with Gasteiger partial charge in [0.05, 0.1) is 0 Å². The van der Waals surface area contributed by atoms with Gasteiger partial charge in [0.15, 0.2) is 5.11 Å². The van der Waals surface area contributed by atoms with Gasteiger partial charge in [-0.3, -0.25) is 0 Å². The highest BCUT2D eigenvalue weighted by atomic mass is 35.5. The van der Waals surface area contributed by atoms with E-state index in [1.54, 1.807) is 0 Å². The van der Waals surface area contributed by atoms with Crippen molar-refractivity contribution in [2.75, 3.05) is 11.9 Å². The van der Waals surface area contributed by atoms with E-state index in [4.69, 9.17) is 23.8 Å². The Bertz CT molecular complexity index is 640. The second-order valence-corrected chi connectivity index (χ2v) is 5.85. The fourth-order valence-electron chi connectivity index (χ4n) is 2.07. The molecular weight excluding hydrogens is 300 g/mol. The molecule has 0 aliphatic heterocycles. The zero-order valence-corrected chi connectivity index (χ0v) is 13.8. The van der Waals surface area contributed by atoms with Gasteiger partial charge in [0.1, 0.15) is 0 Å². The molecule has 21 heavy (non-hydrogen) atoms. The second-order valence-electron chi connectivity index (χ2n) is 5.01. The van der Waals surface area contributed by atoms with Crippen molar-refractivity contribution in [3.8, 4) is 0 Å². The quantitative estimate of drug-likeness (QED) is 0.812. The Labute approximate surface area is 136 Å². The Morgan fingerprint density at radius 1 is 1.14 bits per heavy atom. The Hall–Kier alpha value is -1.58. The lowest BCUT2D eigenvalue weighted by molar-refractivity contribution is 0.873. The predicted octanol–water partition coefficient (Wildman–Crippen LogP) is 4.49. The highest BCUT2D eigenvalue weighted by molar-refractivity contribution is 7.80. The summed E-state index contributed by atoms with van der Waals surface area (Å²) >= 11 is 11.3. The molecule has 0 aliphatic rings. The standard InChI is InChI=1S/C17H19ClN2S/c1-12-5-3-8-16(13(12)2)20-17(21)19-10-9-14-6-4-7-15(18)11-14/h3-8,11H,9-10H2,1-2H3,(H2,19,20,21). The predicted molar refractivity (Wildman–Crippen MR) is 95.3 cm³/mol. The van der Waals surface area contributed by atoms with E-state index in [9.17, 15) is 0 Å². The first-order valence-electron chi connectivity index (χ1n) is 6.92. The summed E-state index contributed by atoms with van der Waals surface area (Å²) in [5.41, 5.74) is 4.72. The van der Waals surface area contributed by atoms with Crippen LogP contribution in [-0.4, -0.2) is 11.7 Å². The molecule has 0 atom stereocenters. The molecule has 4 heteroatoms. The Morgan fingerprint density at radius 2 is 1.90 bits per heavy atom. The minimum atomic E-state index is 0.644. The van der Waals surface area contributed by atoms with Crippen LogP contribution >= 0.6 is 23.8 Å². The number of halogens is 1. The first kappa shape index (κ1) is 15.8. The van der Waals surface area contributed by atoms with Crippen molar-refractivity contribution in [1.29, 1.82) is 0 Å². The van der Waals surface area contributed by atoms with Gasteiger partial charge < -0.3 is 10.6 Å². The number of rotatable bonds is 4. The summed E-state index contributed by atoms with van der Waals surface area (Å²) in [6.45, 7) is 4.96. The summed E-state index contributed by atoms with van der Waals surface area (Å²) in [7, 11) is 0. The van der Waals surface area contributed by atoms with Gasteiger partial charge in [-0.2, -0.15) is 0 Å². The van der Waals surface area contributed by atoms with Crippen LogP contribution in [0.4, 0.5) is 5.69 Å². The van der Waals surface area contributed by atoms with Gasteiger partial charge in [0.2, 0.25) is 0 Å². The maximum absolute atomic E-state index is 5.97. The largest absolute Gasteiger partial charge is 0.362 e. The van der Waals surface area contributed by atoms with Gasteiger partial charge in [-0.05, 0) is 67.4 Å². The molecule has 110 valence electrons. The minimum absolute atomic E-state index is 0.644. The molecule has 2 aromatic rings. The number of anilines is 1. The van der Waals surface area contributed by atoms with Crippen LogP contribution in [0.2, 0.25) is 5.02 Å². The normalized spacial score (nSPS) is 10.2. The lowest BCUT2D eigenvalue weighted by Crippen LogP contribution is -2.30. The number of hydrogen-bond acceptors (Lipinski definition) is 1. The summed E-state index contributed by atoms with van der Waals surface area (Å²) in [5.74, 6) is 0. The summed E-state index contributed by atoms with van der Waals surface area (Å²) in [5, 5.41) is 7.88. The molecular formula is C17H19ClN2S. The first-order valence-corrected chi connectivity index (χ1v) is 7.70. The maximum Gasteiger partial charge on any atom is 0.170 e. The van der Waals surface area contributed by atoms with Crippen molar-refractivity contribution in [2.24, 2.45) is 0 Å². The monoisotopic (exact) mass is 318 g/mol. The lowest BCUT2D eigenvalue weighted by Gasteiger charge is -2.13. The van der Waals surface area contributed by atoms with Crippen molar-refractivity contribution in [1.82, 2.24) is 5.32 Å². The van der Waals surface area contributed by atoms with Crippen LogP contribution in [0.15, 0.2) is 42.5 Å². The first-order chi connectivity index (χ1) is 10.1. The molecule has 0 aliphatic carbocycles. The Morgan fingerprint density at radius 3 is 2.67 bits per heavy atom. The summed E-state index contributed by atoms with van der Waals surface area (Å²) in [6, 6.07) is 14.0. The molecule has 0 heterocycles. The Balaban J connectivity index is 1.84. The van der Waals surface area contributed by atoms with Crippen LogP contribution in [0.25, 0.3) is 0 Å². The van der Waals surface area contributed by atoms with E-state index in [0.29, 0.717) is 5.11 Å². The third-order valence-electron chi connectivity index (χ3n) is 3.44. The van der Waals surface area contributed by atoms with E-state index in [1.165, 1.54) is 16.7 Å². The zero-order chi connectivity index (χ0) is 15.2. The number of aryl methyl sites for hydroxylation is 1. The molecule has 2 aromatic carbocycles. The number of thiocarbonyl (C=S) groups is 1. The van der Waals surface area contributed by atoms with E-state index in [2.05, 4.69) is 36.6 Å². The molecule has 0 unspecified atom stereocenters. The van der Waals surface area contributed by atoms with E-state index < -0.39 is 0 Å². The minimum Gasteiger partial charge on any atom is -0.362 e. The lowest BCUT2D eigenvalue weighted by atomic mass is 10.1. The number of nitrogens with one attached hydrogen (secondary N) is 2. The molecule has 0 amide bonds. The number of hydrogen-bond donors (Lipinski definition) is 2. The van der Waals surface area contributed by atoms with Crippen LogP contribution in [0.1, 0.15) is 16.7 Å². The molecule has 0 bridgehead atoms. The molecule has 2 rings (SSSR count). The van der Waals surface area contributed by atoms with E-state index in [0.717, 1.165) is 23.7 Å². The van der Waals surface area contributed by atoms with Crippen LogP contribution in [0, 0.1) is 13.8 Å². The number of benzene rings is 2. The molecule has 0 saturated heterocycles. The summed E-state index contributed by atoms with van der Waals surface area (Å²) < 4.78 is 0. The van der Waals surface area contributed by atoms with Crippen molar-refractivity contribution >= 4 is 34.6 Å². The molecule has 2 nitrogen and oxygen atoms in total. The van der Waals surface area contributed by atoms with Crippen molar-refractivity contribution in [3.63, 3.8) is 0 Å². The SMILES string of the molecule is Cc1cccc(NC(=S)NCCc2cccc(Cl)c2)c1C. The van der Waals surface area contributed by atoms with Gasteiger partial charge in [-0.1, -0.05) is 35.9 Å². The average Bonchev–Trinajstić information content (AvgIpc) is 2.44. The van der Waals surface area contributed by atoms with E-state index in [1.807, 2.05) is 30.3 Å². The Kier molecular flexibility index (Phi) is 5.59. The van der Waals surface area contributed by atoms with Crippen LogP contribution < -0.4 is 10.6 Å². The highest BCUT2D eigenvalue weighted by Gasteiger charge is 2.02. The third kappa shape index (κ3) is 4.73. The van der Waals surface area contributed by atoms with Crippen molar-refractivity contribution in [2.45, 2.75) is 20.3 Å². The zero-order valence-electron chi connectivity index (χ0n) is 12.2. The van der Waals surface area contributed by atoms with Gasteiger partial charge in [-0.15, -0.1) is 0 Å². The van der Waals surface area contributed by atoms with Gasteiger partial charge >= 0.3 is 0 Å². The average molecular weight is 319 g/mol. The second kappa shape index (κ2) is 7.43. The fourth-order valence-corrected chi connectivity index (χ4v) is 2.49. The van der Waals surface area contributed by atoms with Gasteiger partial charge in [0.25, 0.3) is 0 Å². The summed E-state index contributed by atoms with van der Waals surface area (Å²) in [4.78, 5) is 0. The fraction of sp³-hybridized carbons (Fsp3) is 0.235. The van der Waals surface area contributed by atoms with Gasteiger partial charge in [0, 0.05) is 17.3 Å². The maximum atomic E-state index is 5.97. The smallest absolute Gasteiger partial charge is 0.170 e. The van der Waals surface area contributed by atoms with E-state index in [-0.39, 0.29) is 0 Å². The van der Waals surface area contributed by atoms with E-state index >= 15 is 0 Å². The molecule has 0 saturated carbocycles. The topological polar surface area (TPSA) is 24.1 Å². The summed E-state index contributed by atoms with van der Waals surface area (Å²) in [6.07, 6.45) is 0.884. The van der Waals surface area contributed by atoms with Crippen molar-refractivity contribution < 1.29 is 0 Å². The molecule has 2 N–H and O–H groups in total. The molecule has 0 spiro atoms. The van der Waals surface area contributed by atoms with Crippen LogP contribution in [0.5, 0.6) is 0 Å². The van der Waals surface area contributed by atoms with Crippen LogP contribution in [0.3, 0.4) is 0 Å². The molecule has 0 fully saturated rings. The van der Waals surface area contributed by atoms with Crippen LogP contribution in [-0.2, 0) is 6.42 Å². The molecule has 0 radical (unpaired) electrons. The third-order valence-corrected chi connectivity index (χ3v) is 3.92. The van der Waals surface area contributed by atoms with Gasteiger partial charge in [-0.25, -0.2) is 0 Å². The highest BCUT2D eigenvalue weighted by Crippen LogP contribution is 2.17. The molecule has 0 aromatic heterocycles.